The number of aromatic nitrogens is 2. The Labute approximate surface area is 141 Å². The summed E-state index contributed by atoms with van der Waals surface area (Å²) in [4.78, 5) is 9.04. The highest BCUT2D eigenvalue weighted by atomic mass is 16.5. The zero-order chi connectivity index (χ0) is 16.4. The summed E-state index contributed by atoms with van der Waals surface area (Å²) >= 11 is 0. The maximum Gasteiger partial charge on any atom is 0.223 e. The molecule has 2 aliphatic rings. The van der Waals surface area contributed by atoms with E-state index in [-0.39, 0.29) is 12.2 Å². The highest BCUT2D eigenvalue weighted by Gasteiger charge is 2.20. The highest BCUT2D eigenvalue weighted by Crippen LogP contribution is 2.24. The second-order valence-electron chi connectivity index (χ2n) is 6.67. The van der Waals surface area contributed by atoms with Crippen molar-refractivity contribution in [2.45, 2.75) is 50.4 Å². The monoisotopic (exact) mass is 329 g/mol. The van der Waals surface area contributed by atoms with E-state index in [1.54, 1.807) is 0 Å². The first kappa shape index (κ1) is 15.6. The van der Waals surface area contributed by atoms with Gasteiger partial charge in [-0.25, -0.2) is 9.97 Å². The summed E-state index contributed by atoms with van der Waals surface area (Å²) in [6.07, 6.45) is 6.34. The fraction of sp³-hybridized carbons (Fsp3) is 0.556. The van der Waals surface area contributed by atoms with Gasteiger partial charge >= 0.3 is 0 Å². The lowest BCUT2D eigenvalue weighted by molar-refractivity contribution is 0.126. The average molecular weight is 329 g/mol. The molecule has 1 saturated carbocycles. The number of nitrogens with zero attached hydrogens (tertiary/aromatic N) is 2. The van der Waals surface area contributed by atoms with Gasteiger partial charge in [-0.3, -0.25) is 0 Å². The van der Waals surface area contributed by atoms with Crippen LogP contribution in [-0.2, 0) is 4.74 Å². The van der Waals surface area contributed by atoms with Crippen molar-refractivity contribution in [3.8, 4) is 5.75 Å². The minimum Gasteiger partial charge on any atom is -0.488 e. The van der Waals surface area contributed by atoms with E-state index in [4.69, 9.17) is 9.47 Å². The van der Waals surface area contributed by atoms with Gasteiger partial charge in [0.1, 0.15) is 11.9 Å². The first-order valence-corrected chi connectivity index (χ1v) is 8.72. The number of rotatable bonds is 4. The molecule has 1 aromatic carbocycles. The summed E-state index contributed by atoms with van der Waals surface area (Å²) in [5, 5.41) is 14.0. The van der Waals surface area contributed by atoms with Gasteiger partial charge in [0.05, 0.1) is 24.8 Å². The largest absolute Gasteiger partial charge is 0.488 e. The third-order valence-corrected chi connectivity index (χ3v) is 4.77. The first-order valence-electron chi connectivity index (χ1n) is 8.72. The van der Waals surface area contributed by atoms with Gasteiger partial charge in [-0.2, -0.15) is 0 Å². The van der Waals surface area contributed by atoms with Crippen LogP contribution < -0.4 is 10.1 Å². The standard InChI is InChI=1S/C18H23N3O3/c22-14-4-2-13(3-5-14)20-18-19-10-12-1-6-15(9-17(12)21-18)24-16-7-8-23-11-16/h1,6,9-10,13-14,16,22H,2-5,7-8,11H2,(H,19,20,21)/t13-,14-,16-/m0/s1. The lowest BCUT2D eigenvalue weighted by atomic mass is 9.93. The Balaban J connectivity index is 1.48. The third kappa shape index (κ3) is 3.60. The highest BCUT2D eigenvalue weighted by molar-refractivity contribution is 5.80. The molecule has 0 spiro atoms. The molecule has 1 aromatic heterocycles. The van der Waals surface area contributed by atoms with Crippen molar-refractivity contribution in [1.82, 2.24) is 9.97 Å². The molecule has 6 nitrogen and oxygen atoms in total. The van der Waals surface area contributed by atoms with Gasteiger partial charge in [0, 0.05) is 30.1 Å². The van der Waals surface area contributed by atoms with Gasteiger partial charge in [-0.1, -0.05) is 0 Å². The summed E-state index contributed by atoms with van der Waals surface area (Å²) in [6, 6.07) is 6.24. The number of aliphatic hydroxyl groups excluding tert-OH is 1. The normalized spacial score (nSPS) is 27.3. The van der Waals surface area contributed by atoms with Crippen LogP contribution in [0.4, 0.5) is 5.95 Å². The zero-order valence-electron chi connectivity index (χ0n) is 13.6. The van der Waals surface area contributed by atoms with Crippen LogP contribution >= 0.6 is 0 Å². The molecule has 1 aliphatic heterocycles. The number of hydrogen-bond donors (Lipinski definition) is 2. The SMILES string of the molecule is O[C@H]1CC[C@H](Nc2ncc3ccc(O[C@H]4CCOC4)cc3n2)CC1. The molecule has 6 heteroatoms. The summed E-state index contributed by atoms with van der Waals surface area (Å²) in [5.74, 6) is 1.47. The quantitative estimate of drug-likeness (QED) is 0.897. The van der Waals surface area contributed by atoms with Crippen molar-refractivity contribution in [1.29, 1.82) is 0 Å². The predicted octanol–water partition coefficient (Wildman–Crippen LogP) is 2.51. The van der Waals surface area contributed by atoms with Crippen molar-refractivity contribution in [2.24, 2.45) is 0 Å². The van der Waals surface area contributed by atoms with Gasteiger partial charge in [0.15, 0.2) is 0 Å². The molecular weight excluding hydrogens is 306 g/mol. The predicted molar refractivity (Wildman–Crippen MR) is 91.3 cm³/mol. The van der Waals surface area contributed by atoms with Crippen LogP contribution in [0.2, 0.25) is 0 Å². The van der Waals surface area contributed by atoms with Crippen molar-refractivity contribution in [2.75, 3.05) is 18.5 Å². The van der Waals surface area contributed by atoms with Gasteiger partial charge < -0.3 is 19.9 Å². The van der Waals surface area contributed by atoms with Gasteiger partial charge in [-0.05, 0) is 37.8 Å². The Kier molecular flexibility index (Phi) is 4.49. The van der Waals surface area contributed by atoms with E-state index < -0.39 is 0 Å². The average Bonchev–Trinajstić information content (AvgIpc) is 3.10. The van der Waals surface area contributed by atoms with Gasteiger partial charge in [0.25, 0.3) is 0 Å². The number of aliphatic hydroxyl groups is 1. The molecule has 2 N–H and O–H groups in total. The molecule has 24 heavy (non-hydrogen) atoms. The molecule has 2 heterocycles. The summed E-state index contributed by atoms with van der Waals surface area (Å²) in [6.45, 7) is 1.42. The summed E-state index contributed by atoms with van der Waals surface area (Å²) in [5.41, 5.74) is 0.875. The molecule has 0 bridgehead atoms. The smallest absolute Gasteiger partial charge is 0.223 e. The molecule has 128 valence electrons. The maximum atomic E-state index is 9.60. The number of ether oxygens (including phenoxy) is 2. The fourth-order valence-corrected chi connectivity index (χ4v) is 3.35. The van der Waals surface area contributed by atoms with E-state index in [0.717, 1.165) is 55.4 Å². The molecular formula is C18H23N3O3. The molecule has 1 saturated heterocycles. The van der Waals surface area contributed by atoms with E-state index in [2.05, 4.69) is 15.3 Å². The third-order valence-electron chi connectivity index (χ3n) is 4.77. The molecule has 0 unspecified atom stereocenters. The number of nitrogens with one attached hydrogen (secondary N) is 1. The Morgan fingerprint density at radius 2 is 2.04 bits per heavy atom. The molecule has 4 rings (SSSR count). The number of anilines is 1. The number of hydrogen-bond acceptors (Lipinski definition) is 6. The van der Waals surface area contributed by atoms with E-state index >= 15 is 0 Å². The molecule has 1 aliphatic carbocycles. The van der Waals surface area contributed by atoms with Crippen LogP contribution in [0, 0.1) is 0 Å². The molecule has 0 amide bonds. The lowest BCUT2D eigenvalue weighted by Crippen LogP contribution is -2.28. The van der Waals surface area contributed by atoms with Crippen LogP contribution in [0.3, 0.4) is 0 Å². The Morgan fingerprint density at radius 3 is 2.83 bits per heavy atom. The molecule has 2 fully saturated rings. The van der Waals surface area contributed by atoms with Crippen molar-refractivity contribution in [3.05, 3.63) is 24.4 Å². The van der Waals surface area contributed by atoms with Crippen molar-refractivity contribution < 1.29 is 14.6 Å². The summed E-state index contributed by atoms with van der Waals surface area (Å²) < 4.78 is 11.3. The lowest BCUT2D eigenvalue weighted by Gasteiger charge is -2.26. The minimum absolute atomic E-state index is 0.135. The molecule has 1 atom stereocenters. The maximum absolute atomic E-state index is 9.60. The topological polar surface area (TPSA) is 76.5 Å². The zero-order valence-corrected chi connectivity index (χ0v) is 13.6. The van der Waals surface area contributed by atoms with Crippen LogP contribution in [0.25, 0.3) is 10.9 Å². The van der Waals surface area contributed by atoms with Gasteiger partial charge in [0.2, 0.25) is 5.95 Å². The van der Waals surface area contributed by atoms with Crippen LogP contribution in [0.5, 0.6) is 5.75 Å². The van der Waals surface area contributed by atoms with Crippen LogP contribution in [0.1, 0.15) is 32.1 Å². The van der Waals surface area contributed by atoms with Crippen LogP contribution in [-0.4, -0.2) is 46.5 Å². The Hall–Kier alpha value is -1.92. The first-order chi connectivity index (χ1) is 11.8. The Bertz CT molecular complexity index is 695. The summed E-state index contributed by atoms with van der Waals surface area (Å²) in [7, 11) is 0. The Morgan fingerprint density at radius 1 is 1.17 bits per heavy atom. The van der Waals surface area contributed by atoms with E-state index in [1.165, 1.54) is 0 Å². The number of benzene rings is 1. The van der Waals surface area contributed by atoms with Crippen molar-refractivity contribution in [3.63, 3.8) is 0 Å². The second kappa shape index (κ2) is 6.91. The van der Waals surface area contributed by atoms with E-state index in [0.29, 0.717) is 18.6 Å². The molecule has 0 radical (unpaired) electrons. The van der Waals surface area contributed by atoms with Gasteiger partial charge in [-0.15, -0.1) is 0 Å². The van der Waals surface area contributed by atoms with Crippen LogP contribution in [0.15, 0.2) is 24.4 Å². The number of fused-ring (bicyclic) bond motifs is 1. The van der Waals surface area contributed by atoms with E-state index in [9.17, 15) is 5.11 Å². The minimum atomic E-state index is -0.153. The second-order valence-corrected chi connectivity index (χ2v) is 6.67. The fourth-order valence-electron chi connectivity index (χ4n) is 3.35. The van der Waals surface area contributed by atoms with E-state index in [1.807, 2.05) is 24.4 Å². The van der Waals surface area contributed by atoms with Crippen molar-refractivity contribution >= 4 is 16.9 Å². The molecule has 2 aromatic rings.